The summed E-state index contributed by atoms with van der Waals surface area (Å²) in [5, 5.41) is 0. The SMILES string of the molecule is COC(CN)C(=O)N1CCC(CCc2ccc(C)cc2)CC1.Cl. The molecular formula is C18H29ClN2O2. The van der Waals surface area contributed by atoms with Crippen LogP contribution in [-0.4, -0.2) is 43.7 Å². The fourth-order valence-electron chi connectivity index (χ4n) is 3.07. The molecule has 1 amide bonds. The molecule has 1 aromatic rings. The lowest BCUT2D eigenvalue weighted by molar-refractivity contribution is -0.142. The Morgan fingerprint density at radius 3 is 2.43 bits per heavy atom. The van der Waals surface area contributed by atoms with Crippen molar-refractivity contribution in [3.05, 3.63) is 35.4 Å². The number of methoxy groups -OCH3 is 1. The smallest absolute Gasteiger partial charge is 0.253 e. The average Bonchev–Trinajstić information content (AvgIpc) is 2.56. The van der Waals surface area contributed by atoms with Crippen molar-refractivity contribution in [1.82, 2.24) is 4.90 Å². The van der Waals surface area contributed by atoms with Gasteiger partial charge in [-0.05, 0) is 44.1 Å². The van der Waals surface area contributed by atoms with E-state index in [1.807, 2.05) is 4.90 Å². The first-order valence-corrected chi connectivity index (χ1v) is 8.21. The molecule has 23 heavy (non-hydrogen) atoms. The number of hydrogen-bond donors (Lipinski definition) is 1. The van der Waals surface area contributed by atoms with E-state index in [9.17, 15) is 4.79 Å². The molecule has 1 aliphatic heterocycles. The summed E-state index contributed by atoms with van der Waals surface area (Å²) in [6.45, 7) is 4.03. The summed E-state index contributed by atoms with van der Waals surface area (Å²) in [5.41, 5.74) is 8.29. The van der Waals surface area contributed by atoms with Crippen LogP contribution in [0.25, 0.3) is 0 Å². The number of nitrogens with zero attached hydrogens (tertiary/aromatic N) is 1. The second-order valence-corrected chi connectivity index (χ2v) is 6.25. The van der Waals surface area contributed by atoms with E-state index >= 15 is 0 Å². The molecule has 5 heteroatoms. The van der Waals surface area contributed by atoms with Crippen LogP contribution < -0.4 is 5.73 Å². The quantitative estimate of drug-likeness (QED) is 0.865. The molecule has 2 N–H and O–H groups in total. The van der Waals surface area contributed by atoms with E-state index in [0.29, 0.717) is 5.92 Å². The normalized spacial score (nSPS) is 16.7. The van der Waals surface area contributed by atoms with Crippen LogP contribution in [0.5, 0.6) is 0 Å². The zero-order valence-electron chi connectivity index (χ0n) is 14.2. The highest BCUT2D eigenvalue weighted by atomic mass is 35.5. The monoisotopic (exact) mass is 340 g/mol. The van der Waals surface area contributed by atoms with Crippen molar-refractivity contribution < 1.29 is 9.53 Å². The van der Waals surface area contributed by atoms with Crippen LogP contribution in [0, 0.1) is 12.8 Å². The van der Waals surface area contributed by atoms with E-state index in [2.05, 4.69) is 31.2 Å². The molecule has 1 saturated heterocycles. The molecule has 1 aliphatic rings. The number of halogens is 1. The van der Waals surface area contributed by atoms with Crippen molar-refractivity contribution in [3.8, 4) is 0 Å². The lowest BCUT2D eigenvalue weighted by Gasteiger charge is -2.33. The van der Waals surface area contributed by atoms with Gasteiger partial charge in [0.05, 0.1) is 0 Å². The van der Waals surface area contributed by atoms with Gasteiger partial charge in [0, 0.05) is 26.7 Å². The Balaban J connectivity index is 0.00000264. The third kappa shape index (κ3) is 5.79. The molecule has 0 spiro atoms. The fourth-order valence-corrected chi connectivity index (χ4v) is 3.07. The molecule has 1 heterocycles. The van der Waals surface area contributed by atoms with Crippen molar-refractivity contribution in [2.45, 2.75) is 38.7 Å². The van der Waals surface area contributed by atoms with E-state index < -0.39 is 6.10 Å². The van der Waals surface area contributed by atoms with Crippen LogP contribution in [0.15, 0.2) is 24.3 Å². The molecule has 0 radical (unpaired) electrons. The number of nitrogens with two attached hydrogens (primary N) is 1. The number of carbonyl (C=O) groups is 1. The number of hydrogen-bond acceptors (Lipinski definition) is 3. The highest BCUT2D eigenvalue weighted by Crippen LogP contribution is 2.23. The van der Waals surface area contributed by atoms with Gasteiger partial charge in [0.25, 0.3) is 5.91 Å². The molecule has 4 nitrogen and oxygen atoms in total. The van der Waals surface area contributed by atoms with Gasteiger partial charge in [0.2, 0.25) is 0 Å². The summed E-state index contributed by atoms with van der Waals surface area (Å²) in [7, 11) is 1.55. The van der Waals surface area contributed by atoms with Crippen LogP contribution in [0.4, 0.5) is 0 Å². The zero-order valence-corrected chi connectivity index (χ0v) is 15.0. The zero-order chi connectivity index (χ0) is 15.9. The summed E-state index contributed by atoms with van der Waals surface area (Å²) in [5.74, 6) is 0.756. The van der Waals surface area contributed by atoms with Crippen molar-refractivity contribution in [2.75, 3.05) is 26.7 Å². The van der Waals surface area contributed by atoms with Gasteiger partial charge in [0.1, 0.15) is 6.10 Å². The summed E-state index contributed by atoms with van der Waals surface area (Å²) in [6.07, 6.45) is 4.01. The van der Waals surface area contributed by atoms with Crippen molar-refractivity contribution >= 4 is 18.3 Å². The van der Waals surface area contributed by atoms with Gasteiger partial charge in [0.15, 0.2) is 0 Å². The molecule has 0 saturated carbocycles. The summed E-state index contributed by atoms with van der Waals surface area (Å²) in [6, 6.07) is 8.79. The maximum absolute atomic E-state index is 12.2. The predicted molar refractivity (Wildman–Crippen MR) is 95.9 cm³/mol. The Morgan fingerprint density at radius 1 is 1.30 bits per heavy atom. The van der Waals surface area contributed by atoms with E-state index in [-0.39, 0.29) is 24.9 Å². The standard InChI is InChI=1S/C18H28N2O2.ClH/c1-14-3-5-15(6-4-14)7-8-16-9-11-20(12-10-16)18(21)17(13-19)22-2;/h3-6,16-17H,7-13,19H2,1-2H3;1H. The molecular weight excluding hydrogens is 312 g/mol. The minimum atomic E-state index is -0.482. The van der Waals surface area contributed by atoms with Gasteiger partial charge in [-0.25, -0.2) is 0 Å². The Bertz CT molecular complexity index is 466. The largest absolute Gasteiger partial charge is 0.370 e. The molecule has 1 fully saturated rings. The van der Waals surface area contributed by atoms with E-state index in [4.69, 9.17) is 10.5 Å². The van der Waals surface area contributed by atoms with E-state index in [1.54, 1.807) is 7.11 Å². The molecule has 1 unspecified atom stereocenters. The second kappa shape index (κ2) is 9.91. The number of likely N-dealkylation sites (tertiary alicyclic amines) is 1. The number of aryl methyl sites for hydroxylation is 2. The molecule has 0 aromatic heterocycles. The van der Waals surface area contributed by atoms with Crippen LogP contribution in [0.3, 0.4) is 0 Å². The lowest BCUT2D eigenvalue weighted by atomic mass is 9.90. The van der Waals surface area contributed by atoms with Crippen molar-refractivity contribution in [1.29, 1.82) is 0 Å². The summed E-state index contributed by atoms with van der Waals surface area (Å²) in [4.78, 5) is 14.1. The molecule has 0 bridgehead atoms. The fraction of sp³-hybridized carbons (Fsp3) is 0.611. The number of rotatable bonds is 6. The average molecular weight is 341 g/mol. The van der Waals surface area contributed by atoms with Crippen molar-refractivity contribution in [2.24, 2.45) is 11.7 Å². The predicted octanol–water partition coefficient (Wildman–Crippen LogP) is 2.56. The van der Waals surface area contributed by atoms with Gasteiger partial charge in [-0.3, -0.25) is 4.79 Å². The van der Waals surface area contributed by atoms with Crippen LogP contribution in [-0.2, 0) is 16.0 Å². The Labute approximate surface area is 145 Å². The number of piperidine rings is 1. The highest BCUT2D eigenvalue weighted by molar-refractivity contribution is 5.85. The molecule has 1 atom stereocenters. The lowest BCUT2D eigenvalue weighted by Crippen LogP contribution is -2.47. The summed E-state index contributed by atoms with van der Waals surface area (Å²) >= 11 is 0. The van der Waals surface area contributed by atoms with Gasteiger partial charge in [-0.1, -0.05) is 29.8 Å². The molecule has 2 rings (SSSR count). The van der Waals surface area contributed by atoms with Gasteiger partial charge >= 0.3 is 0 Å². The van der Waals surface area contributed by atoms with E-state index in [0.717, 1.165) is 32.4 Å². The Hall–Kier alpha value is -1.10. The first-order valence-electron chi connectivity index (χ1n) is 8.21. The maximum atomic E-state index is 12.2. The van der Waals surface area contributed by atoms with Crippen LogP contribution in [0.1, 0.15) is 30.4 Å². The highest BCUT2D eigenvalue weighted by Gasteiger charge is 2.27. The molecule has 130 valence electrons. The van der Waals surface area contributed by atoms with E-state index in [1.165, 1.54) is 17.5 Å². The number of amides is 1. The minimum Gasteiger partial charge on any atom is -0.370 e. The van der Waals surface area contributed by atoms with Crippen molar-refractivity contribution in [3.63, 3.8) is 0 Å². The Kier molecular flexibility index (Phi) is 8.59. The van der Waals surface area contributed by atoms with Gasteiger partial charge in [-0.15, -0.1) is 12.4 Å². The second-order valence-electron chi connectivity index (χ2n) is 6.25. The van der Waals surface area contributed by atoms with Gasteiger partial charge in [-0.2, -0.15) is 0 Å². The molecule has 0 aliphatic carbocycles. The number of carbonyl (C=O) groups excluding carboxylic acids is 1. The first-order chi connectivity index (χ1) is 10.6. The van der Waals surface area contributed by atoms with Gasteiger partial charge < -0.3 is 15.4 Å². The minimum absolute atomic E-state index is 0. The number of ether oxygens (including phenoxy) is 1. The third-order valence-corrected chi connectivity index (χ3v) is 4.66. The molecule has 1 aromatic carbocycles. The summed E-state index contributed by atoms with van der Waals surface area (Å²) < 4.78 is 5.14. The first kappa shape index (κ1) is 19.9. The maximum Gasteiger partial charge on any atom is 0.253 e. The topological polar surface area (TPSA) is 55.6 Å². The van der Waals surface area contributed by atoms with Crippen LogP contribution >= 0.6 is 12.4 Å². The Morgan fingerprint density at radius 2 is 1.91 bits per heavy atom. The van der Waals surface area contributed by atoms with Crippen LogP contribution in [0.2, 0.25) is 0 Å². The third-order valence-electron chi connectivity index (χ3n) is 4.66. The number of benzene rings is 1.